The predicted molar refractivity (Wildman–Crippen MR) is 105 cm³/mol. The normalized spacial score (nSPS) is 20.2. The number of anilines is 1. The molecule has 0 bridgehead atoms. The summed E-state index contributed by atoms with van der Waals surface area (Å²) in [6, 6.07) is 11.2. The van der Waals surface area contributed by atoms with Gasteiger partial charge in [0, 0.05) is 13.1 Å². The first-order chi connectivity index (χ1) is 12.6. The summed E-state index contributed by atoms with van der Waals surface area (Å²) in [6.07, 6.45) is 7.30. The molecule has 0 amide bonds. The van der Waals surface area contributed by atoms with Crippen LogP contribution in [0.5, 0.6) is 6.01 Å². The third-order valence-electron chi connectivity index (χ3n) is 5.61. The molecule has 2 aromatic rings. The Morgan fingerprint density at radius 2 is 1.96 bits per heavy atom. The molecule has 3 rings (SSSR count). The second-order valence-corrected chi connectivity index (χ2v) is 7.39. The Balaban J connectivity index is 1.67. The Kier molecular flexibility index (Phi) is 6.07. The lowest BCUT2D eigenvalue weighted by atomic mass is 9.74. The van der Waals surface area contributed by atoms with Gasteiger partial charge in [0.15, 0.2) is 0 Å². The van der Waals surface area contributed by atoms with E-state index in [9.17, 15) is 0 Å². The van der Waals surface area contributed by atoms with Crippen LogP contribution in [-0.2, 0) is 6.42 Å². The monoisotopic (exact) mass is 354 g/mol. The van der Waals surface area contributed by atoms with E-state index in [1.54, 1.807) is 7.11 Å². The predicted octanol–water partition coefficient (Wildman–Crippen LogP) is 4.21. The standard InChI is InChI=1S/C21H30N4O/c1-4-21(13-8-12-18-10-6-5-7-11-18)14-9-15-25(16-21)19-22-17(2)23-20(24-19)26-3/h5-7,10-11H,4,8-9,12-16H2,1-3H3. The zero-order valence-electron chi connectivity index (χ0n) is 16.2. The summed E-state index contributed by atoms with van der Waals surface area (Å²) in [5.41, 5.74) is 1.78. The molecule has 2 heterocycles. The van der Waals surface area contributed by atoms with Gasteiger partial charge in [0.1, 0.15) is 5.82 Å². The molecule has 0 N–H and O–H groups in total. The van der Waals surface area contributed by atoms with Gasteiger partial charge in [0.05, 0.1) is 7.11 Å². The highest BCUT2D eigenvalue weighted by Crippen LogP contribution is 2.39. The molecular weight excluding hydrogens is 324 g/mol. The van der Waals surface area contributed by atoms with Crippen LogP contribution >= 0.6 is 0 Å². The lowest BCUT2D eigenvalue weighted by Gasteiger charge is -2.42. The lowest BCUT2D eigenvalue weighted by molar-refractivity contribution is 0.197. The number of rotatable bonds is 7. The van der Waals surface area contributed by atoms with E-state index in [1.165, 1.54) is 37.7 Å². The number of aromatic nitrogens is 3. The third kappa shape index (κ3) is 4.51. The highest BCUT2D eigenvalue weighted by molar-refractivity contribution is 5.32. The topological polar surface area (TPSA) is 51.1 Å². The first-order valence-corrected chi connectivity index (χ1v) is 9.70. The second kappa shape index (κ2) is 8.47. The zero-order valence-corrected chi connectivity index (χ0v) is 16.2. The SMILES string of the molecule is CCC1(CCCc2ccccc2)CCCN(c2nc(C)nc(OC)n2)C1. The fourth-order valence-electron chi connectivity index (χ4n) is 4.04. The maximum absolute atomic E-state index is 5.23. The van der Waals surface area contributed by atoms with Crippen LogP contribution in [0, 0.1) is 12.3 Å². The molecule has 0 saturated carbocycles. The molecule has 140 valence electrons. The van der Waals surface area contributed by atoms with Crippen LogP contribution in [-0.4, -0.2) is 35.2 Å². The number of ether oxygens (including phenoxy) is 1. The van der Waals surface area contributed by atoms with Crippen LogP contribution < -0.4 is 9.64 Å². The second-order valence-electron chi connectivity index (χ2n) is 7.39. The van der Waals surface area contributed by atoms with Gasteiger partial charge in [-0.15, -0.1) is 0 Å². The Bertz CT molecular complexity index is 706. The van der Waals surface area contributed by atoms with Crippen molar-refractivity contribution in [2.75, 3.05) is 25.1 Å². The Hall–Kier alpha value is -2.17. The molecule has 1 unspecified atom stereocenters. The van der Waals surface area contributed by atoms with Gasteiger partial charge in [-0.2, -0.15) is 15.0 Å². The number of nitrogens with zero attached hydrogens (tertiary/aromatic N) is 4. The van der Waals surface area contributed by atoms with Gasteiger partial charge in [0.2, 0.25) is 5.95 Å². The van der Waals surface area contributed by atoms with E-state index in [4.69, 9.17) is 4.74 Å². The van der Waals surface area contributed by atoms with Crippen LogP contribution in [0.1, 0.15) is 50.4 Å². The Labute approximate surface area is 156 Å². The van der Waals surface area contributed by atoms with Gasteiger partial charge in [-0.1, -0.05) is 37.3 Å². The molecule has 1 aromatic heterocycles. The van der Waals surface area contributed by atoms with E-state index < -0.39 is 0 Å². The number of piperidine rings is 1. The minimum atomic E-state index is 0.348. The van der Waals surface area contributed by atoms with E-state index in [0.717, 1.165) is 25.5 Å². The van der Waals surface area contributed by atoms with Gasteiger partial charge in [-0.25, -0.2) is 0 Å². The van der Waals surface area contributed by atoms with E-state index in [0.29, 0.717) is 17.2 Å². The van der Waals surface area contributed by atoms with Gasteiger partial charge in [-0.3, -0.25) is 0 Å². The molecule has 1 aromatic carbocycles. The van der Waals surface area contributed by atoms with Gasteiger partial charge < -0.3 is 9.64 Å². The largest absolute Gasteiger partial charge is 0.467 e. The minimum absolute atomic E-state index is 0.348. The highest BCUT2D eigenvalue weighted by atomic mass is 16.5. The summed E-state index contributed by atoms with van der Waals surface area (Å²) in [5.74, 6) is 1.47. The van der Waals surface area contributed by atoms with Gasteiger partial charge in [0.25, 0.3) is 0 Å². The summed E-state index contributed by atoms with van der Waals surface area (Å²) in [4.78, 5) is 15.6. The van der Waals surface area contributed by atoms with Crippen LogP contribution in [0.2, 0.25) is 0 Å². The quantitative estimate of drug-likeness (QED) is 0.745. The number of methoxy groups -OCH3 is 1. The molecule has 1 atom stereocenters. The van der Waals surface area contributed by atoms with Crippen molar-refractivity contribution in [3.05, 3.63) is 41.7 Å². The molecule has 1 saturated heterocycles. The van der Waals surface area contributed by atoms with Crippen molar-refractivity contribution in [3.63, 3.8) is 0 Å². The van der Waals surface area contributed by atoms with Crippen molar-refractivity contribution in [3.8, 4) is 6.01 Å². The van der Waals surface area contributed by atoms with Crippen molar-refractivity contribution in [1.82, 2.24) is 15.0 Å². The summed E-state index contributed by atoms with van der Waals surface area (Å²) in [5, 5.41) is 0. The molecule has 5 nitrogen and oxygen atoms in total. The van der Waals surface area contributed by atoms with Crippen LogP contribution in [0.25, 0.3) is 0 Å². The number of hydrogen-bond donors (Lipinski definition) is 0. The van der Waals surface area contributed by atoms with Crippen molar-refractivity contribution < 1.29 is 4.74 Å². The number of hydrogen-bond acceptors (Lipinski definition) is 5. The first-order valence-electron chi connectivity index (χ1n) is 9.70. The molecule has 1 fully saturated rings. The highest BCUT2D eigenvalue weighted by Gasteiger charge is 2.34. The van der Waals surface area contributed by atoms with Crippen molar-refractivity contribution in [2.24, 2.45) is 5.41 Å². The molecule has 1 aliphatic rings. The van der Waals surface area contributed by atoms with Crippen molar-refractivity contribution in [2.45, 2.75) is 52.4 Å². The maximum atomic E-state index is 5.23. The lowest BCUT2D eigenvalue weighted by Crippen LogP contribution is -2.44. The smallest absolute Gasteiger partial charge is 0.321 e. The van der Waals surface area contributed by atoms with Crippen LogP contribution in [0.3, 0.4) is 0 Å². The molecule has 0 radical (unpaired) electrons. The van der Waals surface area contributed by atoms with E-state index in [2.05, 4.69) is 57.1 Å². The third-order valence-corrected chi connectivity index (χ3v) is 5.61. The van der Waals surface area contributed by atoms with Crippen molar-refractivity contribution >= 4 is 5.95 Å². The molecule has 5 heteroatoms. The minimum Gasteiger partial charge on any atom is -0.467 e. The molecule has 1 aliphatic heterocycles. The Morgan fingerprint density at radius 3 is 2.69 bits per heavy atom. The van der Waals surface area contributed by atoms with Crippen LogP contribution in [0.4, 0.5) is 5.95 Å². The first kappa shape index (κ1) is 18.6. The molecular formula is C21H30N4O. The van der Waals surface area contributed by atoms with Gasteiger partial charge in [-0.05, 0) is 56.4 Å². The van der Waals surface area contributed by atoms with E-state index in [-0.39, 0.29) is 0 Å². The summed E-state index contributed by atoms with van der Waals surface area (Å²) in [7, 11) is 1.61. The van der Waals surface area contributed by atoms with Crippen molar-refractivity contribution in [1.29, 1.82) is 0 Å². The van der Waals surface area contributed by atoms with E-state index >= 15 is 0 Å². The maximum Gasteiger partial charge on any atom is 0.321 e. The summed E-state index contributed by atoms with van der Waals surface area (Å²) < 4.78 is 5.23. The van der Waals surface area contributed by atoms with E-state index in [1.807, 2.05) is 6.92 Å². The average Bonchev–Trinajstić information content (AvgIpc) is 2.68. The zero-order chi connectivity index (χ0) is 18.4. The molecule has 0 spiro atoms. The number of aryl methyl sites for hydroxylation is 2. The average molecular weight is 354 g/mol. The molecule has 0 aliphatic carbocycles. The number of benzene rings is 1. The van der Waals surface area contributed by atoms with Gasteiger partial charge >= 0.3 is 6.01 Å². The summed E-state index contributed by atoms with van der Waals surface area (Å²) >= 11 is 0. The fourth-order valence-corrected chi connectivity index (χ4v) is 4.04. The fraction of sp³-hybridized carbons (Fsp3) is 0.571. The van der Waals surface area contributed by atoms with Crippen LogP contribution in [0.15, 0.2) is 30.3 Å². The molecule has 26 heavy (non-hydrogen) atoms. The summed E-state index contributed by atoms with van der Waals surface area (Å²) in [6.45, 7) is 6.24. The Morgan fingerprint density at radius 1 is 1.15 bits per heavy atom.